The van der Waals surface area contributed by atoms with E-state index in [1.54, 1.807) is 16.8 Å². The average Bonchev–Trinajstić information content (AvgIpc) is 3.23. The van der Waals surface area contributed by atoms with Crippen molar-refractivity contribution in [2.45, 2.75) is 37.8 Å². The van der Waals surface area contributed by atoms with Crippen LogP contribution in [0.5, 0.6) is 5.88 Å². The Hall–Kier alpha value is -3.77. The van der Waals surface area contributed by atoms with Gasteiger partial charge in [-0.05, 0) is 57.0 Å². The number of rotatable bonds is 5. The zero-order chi connectivity index (χ0) is 23.9. The Morgan fingerprint density at radius 1 is 1.23 bits per heavy atom. The van der Waals surface area contributed by atoms with E-state index in [-0.39, 0.29) is 29.6 Å². The number of carbonyl (C=O) groups is 1. The van der Waals surface area contributed by atoms with Gasteiger partial charge >= 0.3 is 5.69 Å². The Kier molecular flexibility index (Phi) is 5.46. The van der Waals surface area contributed by atoms with Crippen LogP contribution in [-0.4, -0.2) is 60.8 Å². The minimum Gasteiger partial charge on any atom is -0.493 e. The van der Waals surface area contributed by atoms with Crippen molar-refractivity contribution in [3.05, 3.63) is 56.2 Å². The smallest absolute Gasteiger partial charge is 0.326 e. The van der Waals surface area contributed by atoms with Crippen LogP contribution in [0.2, 0.25) is 0 Å². The molecule has 1 aliphatic carbocycles. The number of imidazole rings is 1. The number of aromatic nitrogens is 5. The van der Waals surface area contributed by atoms with Gasteiger partial charge < -0.3 is 20.7 Å². The maximum Gasteiger partial charge on any atom is 0.326 e. The summed E-state index contributed by atoms with van der Waals surface area (Å²) >= 11 is 1.39. The zero-order valence-electron chi connectivity index (χ0n) is 18.7. The molecule has 5 N–H and O–H groups in total. The van der Waals surface area contributed by atoms with E-state index in [1.807, 2.05) is 18.2 Å². The number of amides is 1. The molecule has 5 heterocycles. The first-order valence-corrected chi connectivity index (χ1v) is 12.4. The van der Waals surface area contributed by atoms with Gasteiger partial charge in [-0.15, -0.1) is 11.3 Å². The number of hydrogen-bond acceptors (Lipinski definition) is 8. The summed E-state index contributed by atoms with van der Waals surface area (Å²) < 4.78 is 1.66. The Bertz CT molecular complexity index is 1590. The molecule has 1 saturated heterocycles. The van der Waals surface area contributed by atoms with Gasteiger partial charge in [0.15, 0.2) is 11.1 Å². The number of thiophene rings is 1. The maximum atomic E-state index is 12.8. The van der Waals surface area contributed by atoms with E-state index in [1.165, 1.54) is 11.3 Å². The van der Waals surface area contributed by atoms with E-state index in [2.05, 4.69) is 25.7 Å². The van der Waals surface area contributed by atoms with Gasteiger partial charge in [0.05, 0.1) is 27.7 Å². The molecule has 0 atom stereocenters. The average molecular weight is 493 g/mol. The van der Waals surface area contributed by atoms with Crippen molar-refractivity contribution in [1.82, 2.24) is 35.2 Å². The third-order valence-electron chi connectivity index (χ3n) is 6.13. The summed E-state index contributed by atoms with van der Waals surface area (Å²) in [7, 11) is 0. The molecule has 0 unspecified atom stereocenters. The summed E-state index contributed by atoms with van der Waals surface area (Å²) in [6.07, 6.45) is 7.16. The van der Waals surface area contributed by atoms with Gasteiger partial charge in [-0.25, -0.2) is 9.78 Å². The molecule has 12 heteroatoms. The molecule has 11 nitrogen and oxygen atoms in total. The third-order valence-corrected chi connectivity index (χ3v) is 7.24. The number of carbonyl (C=O) groups excluding carboxylic acids is 1. The summed E-state index contributed by atoms with van der Waals surface area (Å²) in [4.78, 5) is 40.3. The van der Waals surface area contributed by atoms with Gasteiger partial charge in [0.1, 0.15) is 5.69 Å². The van der Waals surface area contributed by atoms with Gasteiger partial charge in [0.2, 0.25) is 5.88 Å². The van der Waals surface area contributed by atoms with Gasteiger partial charge in [0.25, 0.3) is 5.91 Å². The van der Waals surface area contributed by atoms with Crippen molar-refractivity contribution in [3.63, 3.8) is 0 Å². The van der Waals surface area contributed by atoms with Crippen LogP contribution in [0.25, 0.3) is 22.3 Å². The Morgan fingerprint density at radius 3 is 2.80 bits per heavy atom. The van der Waals surface area contributed by atoms with Crippen molar-refractivity contribution >= 4 is 29.0 Å². The normalized spacial score (nSPS) is 17.9. The molecule has 4 aromatic heterocycles. The molecule has 180 valence electrons. The molecular formula is C23H24N8O3S. The van der Waals surface area contributed by atoms with Crippen molar-refractivity contribution < 1.29 is 9.90 Å². The number of H-pyrrole nitrogens is 2. The number of aromatic hydroxyl groups is 1. The van der Waals surface area contributed by atoms with Gasteiger partial charge in [0, 0.05) is 17.3 Å². The summed E-state index contributed by atoms with van der Waals surface area (Å²) in [6, 6.07) is 6.07. The highest BCUT2D eigenvalue weighted by Crippen LogP contribution is 2.27. The minimum absolute atomic E-state index is 0.0672. The van der Waals surface area contributed by atoms with E-state index in [4.69, 9.17) is 9.98 Å². The minimum atomic E-state index is -0.503. The number of piperidine rings is 1. The lowest BCUT2D eigenvalue weighted by molar-refractivity contribution is 0.0933. The van der Waals surface area contributed by atoms with Gasteiger partial charge in [-0.2, -0.15) is 9.61 Å². The Labute approximate surface area is 202 Å². The van der Waals surface area contributed by atoms with Crippen molar-refractivity contribution in [1.29, 1.82) is 0 Å². The second-order valence-electron chi connectivity index (χ2n) is 8.84. The van der Waals surface area contributed by atoms with E-state index in [9.17, 15) is 14.7 Å². The van der Waals surface area contributed by atoms with Gasteiger partial charge in [-0.3, -0.25) is 14.8 Å². The number of nitrogens with one attached hydrogen (secondary N) is 4. The predicted molar refractivity (Wildman–Crippen MR) is 130 cm³/mol. The molecule has 2 aliphatic rings. The fourth-order valence-corrected chi connectivity index (χ4v) is 5.01. The number of fused-ring (bicyclic) bond motifs is 1. The lowest BCUT2D eigenvalue weighted by Gasteiger charge is -2.23. The van der Waals surface area contributed by atoms with Crippen molar-refractivity contribution in [2.75, 3.05) is 13.1 Å². The summed E-state index contributed by atoms with van der Waals surface area (Å²) in [5.74, 6) is -0.321. The summed E-state index contributed by atoms with van der Waals surface area (Å²) in [6.45, 7) is 1.83. The van der Waals surface area contributed by atoms with Crippen LogP contribution in [0, 0.1) is 0 Å². The monoisotopic (exact) mass is 492 g/mol. The molecule has 1 amide bonds. The molecule has 2 fully saturated rings. The first-order valence-electron chi connectivity index (χ1n) is 11.6. The quantitative estimate of drug-likeness (QED) is 0.270. The van der Waals surface area contributed by atoms with Crippen LogP contribution >= 0.6 is 11.3 Å². The van der Waals surface area contributed by atoms with Crippen LogP contribution in [-0.2, 0) is 0 Å². The molecule has 4 aromatic rings. The topological polar surface area (TPSA) is 153 Å². The first-order chi connectivity index (χ1) is 17.0. The molecule has 1 aliphatic heterocycles. The summed E-state index contributed by atoms with van der Waals surface area (Å²) in [5, 5.41) is 21.5. The fourth-order valence-electron chi connectivity index (χ4n) is 4.14. The van der Waals surface area contributed by atoms with E-state index < -0.39 is 5.69 Å². The lowest BCUT2D eigenvalue weighted by atomic mass is 10.1. The van der Waals surface area contributed by atoms with E-state index in [0.29, 0.717) is 26.9 Å². The second-order valence-corrected chi connectivity index (χ2v) is 9.93. The number of hydrogen-bond donors (Lipinski definition) is 5. The molecule has 35 heavy (non-hydrogen) atoms. The predicted octanol–water partition coefficient (Wildman–Crippen LogP) is 0.272. The largest absolute Gasteiger partial charge is 0.493 e. The third kappa shape index (κ3) is 4.49. The van der Waals surface area contributed by atoms with Gasteiger partial charge in [-0.1, -0.05) is 0 Å². The van der Waals surface area contributed by atoms with E-state index >= 15 is 0 Å². The second kappa shape index (κ2) is 8.78. The standard InChI is InChI=1S/C23H24N8O3S/c32-21-16(29-23(34)30-21)9-12-11-25-31-19(26-13-1-2-13)10-15(28-20(12)31)17-3-4-18(35-17)22(33)27-14-5-7-24-8-6-14/h3-4,9-11,13-14,24,32H,1-2,5-8H2,(H,27,33)(H2,29,30,34). The Balaban J connectivity index is 1.40. The van der Waals surface area contributed by atoms with Crippen molar-refractivity contribution in [2.24, 2.45) is 4.99 Å². The molecule has 1 saturated carbocycles. The molecule has 0 spiro atoms. The van der Waals surface area contributed by atoms with Crippen LogP contribution in [0.1, 0.15) is 41.0 Å². The zero-order valence-corrected chi connectivity index (χ0v) is 19.6. The molecule has 6 rings (SSSR count). The van der Waals surface area contributed by atoms with Crippen molar-refractivity contribution in [3.8, 4) is 16.5 Å². The summed E-state index contributed by atoms with van der Waals surface area (Å²) in [5.41, 5.74) is 1.64. The van der Waals surface area contributed by atoms with Crippen LogP contribution < -0.4 is 27.0 Å². The highest BCUT2D eigenvalue weighted by Gasteiger charge is 2.21. The molecule has 0 radical (unpaired) electrons. The molecule has 0 bridgehead atoms. The number of nitrogens with zero attached hydrogens (tertiary/aromatic N) is 4. The first kappa shape index (κ1) is 21.7. The van der Waals surface area contributed by atoms with E-state index in [0.717, 1.165) is 43.6 Å². The fraction of sp³-hybridized carbons (Fsp3) is 0.348. The highest BCUT2D eigenvalue weighted by molar-refractivity contribution is 7.17. The highest BCUT2D eigenvalue weighted by atomic mass is 32.1. The number of aromatic amines is 2. The van der Waals surface area contributed by atoms with Crippen LogP contribution in [0.15, 0.2) is 34.2 Å². The molecular weight excluding hydrogens is 468 g/mol. The van der Waals surface area contributed by atoms with Crippen LogP contribution in [0.4, 0.5) is 0 Å². The molecule has 0 aromatic carbocycles. The lowest BCUT2D eigenvalue weighted by Crippen LogP contribution is -2.42. The Morgan fingerprint density at radius 2 is 2.06 bits per heavy atom. The SMILES string of the molecule is O=C(NC1CCNCC1)c1ccc(-c2cc(=NC3CC3)n3ncc(=Cc4[nH]c(=O)[nH]c4O)c3n2)s1. The van der Waals surface area contributed by atoms with Crippen LogP contribution in [0.3, 0.4) is 0 Å². The maximum absolute atomic E-state index is 12.8.